The number of hydrogen-bond donors (Lipinski definition) is 3. The molecule has 114 valence electrons. The van der Waals surface area contributed by atoms with Gasteiger partial charge < -0.3 is 5.11 Å². The number of carbonyl (C=O) groups is 1. The number of hydrazone groups is 1. The molecule has 0 unspecified atom stereocenters. The van der Waals surface area contributed by atoms with Gasteiger partial charge in [0.15, 0.2) is 5.06 Å². The maximum Gasteiger partial charge on any atom is 0.310 e. The Morgan fingerprint density at radius 1 is 1.32 bits per heavy atom. The van der Waals surface area contributed by atoms with E-state index in [1.54, 1.807) is 12.1 Å². The van der Waals surface area contributed by atoms with Crippen LogP contribution in [0.5, 0.6) is 5.06 Å². The third-order valence-corrected chi connectivity index (χ3v) is 3.45. The molecule has 8 heteroatoms. The quantitative estimate of drug-likeness (QED) is 0.565. The minimum atomic E-state index is -0.750. The van der Waals surface area contributed by atoms with Crippen LogP contribution in [0.15, 0.2) is 45.0 Å². The van der Waals surface area contributed by atoms with Gasteiger partial charge in [-0.25, -0.2) is 5.43 Å². The molecule has 0 aliphatic carbocycles. The Morgan fingerprint density at radius 3 is 2.64 bits per heavy atom. The molecule has 0 saturated carbocycles. The van der Waals surface area contributed by atoms with E-state index in [-0.39, 0.29) is 23.6 Å². The average Bonchev–Trinajstić information content (AvgIpc) is 2.45. The van der Waals surface area contributed by atoms with Crippen LogP contribution in [0.25, 0.3) is 0 Å². The van der Waals surface area contributed by atoms with Crippen molar-refractivity contribution in [2.45, 2.75) is 13.3 Å². The zero-order valence-electron chi connectivity index (χ0n) is 11.6. The highest BCUT2D eigenvalue weighted by Crippen LogP contribution is 2.14. The summed E-state index contributed by atoms with van der Waals surface area (Å²) in [6.45, 7) is 1.45. The van der Waals surface area contributed by atoms with Crippen LogP contribution in [0.1, 0.15) is 18.1 Å². The first-order valence-corrected chi connectivity index (χ1v) is 7.13. The molecule has 3 N–H and O–H groups in total. The summed E-state index contributed by atoms with van der Waals surface area (Å²) in [5.41, 5.74) is 2.36. The van der Waals surface area contributed by atoms with Gasteiger partial charge in [0, 0.05) is 0 Å². The minimum Gasteiger partial charge on any atom is -0.499 e. The Hall–Kier alpha value is -2.74. The predicted octanol–water partition coefficient (Wildman–Crippen LogP) is 0.585. The fourth-order valence-electron chi connectivity index (χ4n) is 1.76. The zero-order valence-corrected chi connectivity index (χ0v) is 12.4. The van der Waals surface area contributed by atoms with E-state index in [4.69, 9.17) is 0 Å². The van der Waals surface area contributed by atoms with Gasteiger partial charge in [-0.05, 0) is 23.8 Å². The molecular weight excluding hydrogens is 306 g/mol. The number of rotatable bonds is 4. The first kappa shape index (κ1) is 15.6. The van der Waals surface area contributed by atoms with Crippen LogP contribution in [0.4, 0.5) is 0 Å². The Kier molecular flexibility index (Phi) is 4.84. The van der Waals surface area contributed by atoms with Crippen LogP contribution in [0, 0.1) is 0 Å². The number of H-pyrrole nitrogens is 1. The molecule has 1 aromatic carbocycles. The molecule has 1 amide bonds. The number of nitrogens with one attached hydrogen (secondary N) is 2. The molecule has 1 heterocycles. The van der Waals surface area contributed by atoms with Crippen LogP contribution in [0.3, 0.4) is 0 Å². The summed E-state index contributed by atoms with van der Waals surface area (Å²) in [5.74, 6) is -0.356. The summed E-state index contributed by atoms with van der Waals surface area (Å²) in [4.78, 5) is 35.8. The lowest BCUT2D eigenvalue weighted by molar-refractivity contribution is -0.120. The molecule has 0 spiro atoms. The number of aromatic amines is 1. The van der Waals surface area contributed by atoms with Crippen molar-refractivity contribution in [2.24, 2.45) is 5.10 Å². The number of nitrogens with zero attached hydrogens (tertiary/aromatic N) is 1. The SMILES string of the molecule is CC(=NNC(=O)Cc1ccccc1)c1c(O)sc(=O)[nH]c1=O. The zero-order chi connectivity index (χ0) is 16.1. The van der Waals surface area contributed by atoms with E-state index in [1.165, 1.54) is 6.92 Å². The fraction of sp³-hybridized carbons (Fsp3) is 0.143. The lowest BCUT2D eigenvalue weighted by Gasteiger charge is -2.03. The van der Waals surface area contributed by atoms with Crippen LogP contribution >= 0.6 is 11.3 Å². The van der Waals surface area contributed by atoms with Gasteiger partial charge in [0.25, 0.3) is 5.56 Å². The number of hydrogen-bond acceptors (Lipinski definition) is 6. The second-order valence-corrected chi connectivity index (χ2v) is 5.38. The highest BCUT2D eigenvalue weighted by atomic mass is 32.1. The highest BCUT2D eigenvalue weighted by Gasteiger charge is 2.12. The van der Waals surface area contributed by atoms with E-state index in [0.29, 0.717) is 11.3 Å². The lowest BCUT2D eigenvalue weighted by Crippen LogP contribution is -2.26. The second kappa shape index (κ2) is 6.81. The van der Waals surface area contributed by atoms with Gasteiger partial charge in [-0.3, -0.25) is 19.4 Å². The van der Waals surface area contributed by atoms with Gasteiger partial charge in [0.1, 0.15) is 5.56 Å². The molecule has 2 rings (SSSR count). The molecule has 0 fully saturated rings. The topological polar surface area (TPSA) is 112 Å². The maximum atomic E-state index is 11.8. The fourth-order valence-corrected chi connectivity index (χ4v) is 2.42. The summed E-state index contributed by atoms with van der Waals surface area (Å²) >= 11 is 0.489. The first-order valence-electron chi connectivity index (χ1n) is 6.31. The molecule has 22 heavy (non-hydrogen) atoms. The Labute approximate surface area is 129 Å². The summed E-state index contributed by atoms with van der Waals surface area (Å²) < 4.78 is 0. The van der Waals surface area contributed by atoms with Crippen molar-refractivity contribution in [2.75, 3.05) is 0 Å². The van der Waals surface area contributed by atoms with E-state index < -0.39 is 15.5 Å². The lowest BCUT2D eigenvalue weighted by atomic mass is 10.1. The van der Waals surface area contributed by atoms with Crippen molar-refractivity contribution in [1.29, 1.82) is 0 Å². The van der Waals surface area contributed by atoms with Crippen molar-refractivity contribution in [1.82, 2.24) is 10.4 Å². The van der Waals surface area contributed by atoms with Gasteiger partial charge in [-0.15, -0.1) is 0 Å². The second-order valence-electron chi connectivity index (χ2n) is 4.42. The Bertz CT molecular complexity index is 824. The van der Waals surface area contributed by atoms with Crippen LogP contribution in [0.2, 0.25) is 0 Å². The molecule has 0 atom stereocenters. The van der Waals surface area contributed by atoms with Gasteiger partial charge in [-0.2, -0.15) is 5.10 Å². The monoisotopic (exact) mass is 319 g/mol. The van der Waals surface area contributed by atoms with Crippen LogP contribution < -0.4 is 15.9 Å². The number of aromatic nitrogens is 1. The molecule has 0 aliphatic rings. The molecule has 0 saturated heterocycles. The summed E-state index contributed by atoms with van der Waals surface area (Å²) in [5, 5.41) is 13.0. The smallest absolute Gasteiger partial charge is 0.310 e. The molecular formula is C14H13N3O4S. The Balaban J connectivity index is 2.12. The third-order valence-electron chi connectivity index (χ3n) is 2.76. The van der Waals surface area contributed by atoms with Gasteiger partial charge in [0.2, 0.25) is 5.91 Å². The van der Waals surface area contributed by atoms with E-state index in [0.717, 1.165) is 5.56 Å². The van der Waals surface area contributed by atoms with E-state index in [1.807, 2.05) is 23.2 Å². The van der Waals surface area contributed by atoms with Gasteiger partial charge in [-0.1, -0.05) is 30.3 Å². The number of amides is 1. The molecule has 0 radical (unpaired) electrons. The number of benzene rings is 1. The minimum absolute atomic E-state index is 0.108. The summed E-state index contributed by atoms with van der Waals surface area (Å²) in [6, 6.07) is 9.10. The summed E-state index contributed by atoms with van der Waals surface area (Å²) in [7, 11) is 0. The number of aromatic hydroxyl groups is 1. The van der Waals surface area contributed by atoms with Crippen molar-refractivity contribution in [3.63, 3.8) is 0 Å². The van der Waals surface area contributed by atoms with Crippen LogP contribution in [-0.4, -0.2) is 21.7 Å². The number of carbonyl (C=O) groups excluding carboxylic acids is 1. The third kappa shape index (κ3) is 3.89. The summed E-state index contributed by atoms with van der Waals surface area (Å²) in [6.07, 6.45) is 0.141. The van der Waals surface area contributed by atoms with Gasteiger partial charge in [0.05, 0.1) is 12.1 Å². The van der Waals surface area contributed by atoms with Gasteiger partial charge >= 0.3 is 4.87 Å². The highest BCUT2D eigenvalue weighted by molar-refractivity contribution is 7.11. The molecule has 0 bridgehead atoms. The maximum absolute atomic E-state index is 11.8. The molecule has 7 nitrogen and oxygen atoms in total. The van der Waals surface area contributed by atoms with Crippen molar-refractivity contribution in [3.8, 4) is 5.06 Å². The predicted molar refractivity (Wildman–Crippen MR) is 83.4 cm³/mol. The van der Waals surface area contributed by atoms with Crippen molar-refractivity contribution >= 4 is 23.0 Å². The Morgan fingerprint density at radius 2 is 2.00 bits per heavy atom. The molecule has 2 aromatic rings. The van der Waals surface area contributed by atoms with Crippen molar-refractivity contribution in [3.05, 3.63) is 61.5 Å². The molecule has 0 aliphatic heterocycles. The van der Waals surface area contributed by atoms with Crippen molar-refractivity contribution < 1.29 is 9.90 Å². The average molecular weight is 319 g/mol. The van der Waals surface area contributed by atoms with E-state index in [2.05, 4.69) is 10.5 Å². The standard InChI is InChI=1S/C14H13N3O4S/c1-8(11-12(19)15-14(21)22-13(11)20)16-17-10(18)7-9-5-3-2-4-6-9/h2-6,20H,7H2,1H3,(H,17,18)(H,15,19,21). The largest absolute Gasteiger partial charge is 0.499 e. The van der Waals surface area contributed by atoms with E-state index >= 15 is 0 Å². The first-order chi connectivity index (χ1) is 10.5. The molecule has 1 aromatic heterocycles. The van der Waals surface area contributed by atoms with E-state index in [9.17, 15) is 19.5 Å². The normalized spacial score (nSPS) is 11.2. The van der Waals surface area contributed by atoms with Crippen LogP contribution in [-0.2, 0) is 11.2 Å².